The average Bonchev–Trinajstić information content (AvgIpc) is 2.65. The summed E-state index contributed by atoms with van der Waals surface area (Å²) in [5.41, 5.74) is 5.57. The van der Waals surface area contributed by atoms with Crippen LogP contribution in [0.1, 0.15) is 5.56 Å². The van der Waals surface area contributed by atoms with E-state index in [4.69, 9.17) is 16.3 Å². The molecule has 0 aliphatic heterocycles. The number of hydrogen-bond donors (Lipinski definition) is 2. The Hall–Kier alpha value is -3.05. The molecule has 0 saturated heterocycles. The number of hydrazine groups is 1. The fourth-order valence-corrected chi connectivity index (χ4v) is 2.65. The zero-order chi connectivity index (χ0) is 18.4. The maximum Gasteiger partial charge on any atom is 0.276 e. The number of benzene rings is 3. The third-order valence-electron chi connectivity index (χ3n) is 3.72. The lowest BCUT2D eigenvalue weighted by molar-refractivity contribution is -0.129. The summed E-state index contributed by atoms with van der Waals surface area (Å²) >= 11 is 5.94. The van der Waals surface area contributed by atoms with Gasteiger partial charge in [0, 0.05) is 0 Å². The van der Waals surface area contributed by atoms with Crippen LogP contribution in [-0.2, 0) is 16.0 Å². The first-order valence-corrected chi connectivity index (χ1v) is 8.42. The van der Waals surface area contributed by atoms with Crippen molar-refractivity contribution in [2.45, 2.75) is 6.42 Å². The topological polar surface area (TPSA) is 67.4 Å². The van der Waals surface area contributed by atoms with E-state index in [0.29, 0.717) is 10.8 Å². The Labute approximate surface area is 155 Å². The fourth-order valence-electron chi connectivity index (χ4n) is 2.46. The Morgan fingerprint density at radius 3 is 2.35 bits per heavy atom. The van der Waals surface area contributed by atoms with Crippen molar-refractivity contribution in [1.29, 1.82) is 0 Å². The first-order valence-electron chi connectivity index (χ1n) is 8.04. The molecule has 0 aliphatic carbocycles. The summed E-state index contributed by atoms with van der Waals surface area (Å²) in [6.07, 6.45) is 0.163. The monoisotopic (exact) mass is 368 g/mol. The van der Waals surface area contributed by atoms with Crippen LogP contribution < -0.4 is 15.6 Å². The van der Waals surface area contributed by atoms with Crippen molar-refractivity contribution < 1.29 is 14.3 Å². The van der Waals surface area contributed by atoms with Crippen molar-refractivity contribution in [3.63, 3.8) is 0 Å². The summed E-state index contributed by atoms with van der Waals surface area (Å²) in [6, 6.07) is 20.6. The van der Waals surface area contributed by atoms with Gasteiger partial charge < -0.3 is 4.74 Å². The van der Waals surface area contributed by atoms with Crippen LogP contribution in [0.3, 0.4) is 0 Å². The number of carbonyl (C=O) groups is 2. The molecule has 132 valence electrons. The van der Waals surface area contributed by atoms with Gasteiger partial charge in [-0.25, -0.2) is 0 Å². The van der Waals surface area contributed by atoms with Crippen LogP contribution in [0, 0.1) is 0 Å². The molecule has 0 heterocycles. The summed E-state index contributed by atoms with van der Waals surface area (Å²) < 4.78 is 5.30. The quantitative estimate of drug-likeness (QED) is 0.679. The van der Waals surface area contributed by atoms with Crippen molar-refractivity contribution in [2.24, 2.45) is 0 Å². The first-order chi connectivity index (χ1) is 12.6. The Balaban J connectivity index is 1.47. The predicted octanol–water partition coefficient (Wildman–Crippen LogP) is 3.26. The van der Waals surface area contributed by atoms with Crippen LogP contribution in [0.5, 0.6) is 5.75 Å². The zero-order valence-electron chi connectivity index (χ0n) is 13.9. The fraction of sp³-hybridized carbons (Fsp3) is 0.100. The van der Waals surface area contributed by atoms with E-state index in [-0.39, 0.29) is 18.9 Å². The molecule has 0 atom stereocenters. The van der Waals surface area contributed by atoms with Gasteiger partial charge in [-0.2, -0.15) is 0 Å². The summed E-state index contributed by atoms with van der Waals surface area (Å²) in [5.74, 6) is -0.380. The van der Waals surface area contributed by atoms with Gasteiger partial charge in [0.05, 0.1) is 11.4 Å². The maximum atomic E-state index is 12.0. The van der Waals surface area contributed by atoms with Gasteiger partial charge in [0.1, 0.15) is 5.75 Å². The lowest BCUT2D eigenvalue weighted by atomic mass is 10.1. The molecule has 0 bridgehead atoms. The third-order valence-corrected chi connectivity index (χ3v) is 4.03. The van der Waals surface area contributed by atoms with Crippen molar-refractivity contribution in [3.8, 4) is 5.75 Å². The molecule has 0 unspecified atom stereocenters. The van der Waals surface area contributed by atoms with Gasteiger partial charge in [0.25, 0.3) is 5.91 Å². The molecule has 0 spiro atoms. The van der Waals surface area contributed by atoms with E-state index in [0.717, 1.165) is 16.3 Å². The van der Waals surface area contributed by atoms with Crippen molar-refractivity contribution in [3.05, 3.63) is 77.3 Å². The van der Waals surface area contributed by atoms with Gasteiger partial charge in [-0.1, -0.05) is 66.2 Å². The smallest absolute Gasteiger partial charge is 0.276 e. The van der Waals surface area contributed by atoms with Gasteiger partial charge in [-0.15, -0.1) is 0 Å². The number of para-hydroxylation sites is 1. The van der Waals surface area contributed by atoms with E-state index in [9.17, 15) is 9.59 Å². The molecule has 5 nitrogen and oxygen atoms in total. The van der Waals surface area contributed by atoms with E-state index in [1.54, 1.807) is 24.3 Å². The predicted molar refractivity (Wildman–Crippen MR) is 101 cm³/mol. The number of nitrogens with one attached hydrogen (secondary N) is 2. The molecule has 0 fully saturated rings. The number of fused-ring (bicyclic) bond motifs is 1. The van der Waals surface area contributed by atoms with E-state index in [1.165, 1.54) is 0 Å². The molecule has 3 aromatic carbocycles. The number of ether oxygens (including phenoxy) is 1. The van der Waals surface area contributed by atoms with Crippen LogP contribution in [-0.4, -0.2) is 18.4 Å². The van der Waals surface area contributed by atoms with Crippen molar-refractivity contribution in [1.82, 2.24) is 10.9 Å². The van der Waals surface area contributed by atoms with Gasteiger partial charge in [-0.05, 0) is 28.5 Å². The Morgan fingerprint density at radius 1 is 0.846 bits per heavy atom. The molecular weight excluding hydrogens is 352 g/mol. The molecular formula is C20H17ClN2O3. The highest BCUT2D eigenvalue weighted by Crippen LogP contribution is 2.22. The molecule has 0 aliphatic rings. The molecule has 0 aromatic heterocycles. The van der Waals surface area contributed by atoms with Crippen LogP contribution in [0.15, 0.2) is 66.7 Å². The molecule has 26 heavy (non-hydrogen) atoms. The number of halogens is 1. The minimum absolute atomic E-state index is 0.163. The molecule has 0 radical (unpaired) electrons. The lowest BCUT2D eigenvalue weighted by Crippen LogP contribution is -2.44. The molecule has 3 rings (SSSR count). The zero-order valence-corrected chi connectivity index (χ0v) is 14.6. The maximum absolute atomic E-state index is 12.0. The Morgan fingerprint density at radius 2 is 1.54 bits per heavy atom. The molecule has 6 heteroatoms. The second-order valence-corrected chi connectivity index (χ2v) is 6.08. The minimum Gasteiger partial charge on any atom is -0.482 e. The average molecular weight is 369 g/mol. The van der Waals surface area contributed by atoms with Gasteiger partial charge in [0.2, 0.25) is 5.91 Å². The largest absolute Gasteiger partial charge is 0.482 e. The number of rotatable bonds is 5. The summed E-state index contributed by atoms with van der Waals surface area (Å²) in [6.45, 7) is -0.250. The SMILES string of the molecule is O=C(COc1ccccc1Cl)NNC(=O)Cc1ccc2ccccc2c1. The van der Waals surface area contributed by atoms with Crippen molar-refractivity contribution >= 4 is 34.2 Å². The highest BCUT2D eigenvalue weighted by Gasteiger charge is 2.08. The first kappa shape index (κ1) is 17.8. The third kappa shape index (κ3) is 4.74. The Kier molecular flexibility index (Phi) is 5.71. The van der Waals surface area contributed by atoms with Crippen LogP contribution in [0.2, 0.25) is 5.02 Å². The van der Waals surface area contributed by atoms with E-state index >= 15 is 0 Å². The van der Waals surface area contributed by atoms with E-state index in [1.807, 2.05) is 42.5 Å². The van der Waals surface area contributed by atoms with Gasteiger partial charge in [0.15, 0.2) is 6.61 Å². The van der Waals surface area contributed by atoms with Crippen LogP contribution in [0.25, 0.3) is 10.8 Å². The number of carbonyl (C=O) groups excluding carboxylic acids is 2. The molecule has 0 saturated carbocycles. The second-order valence-electron chi connectivity index (χ2n) is 5.67. The summed E-state index contributed by atoms with van der Waals surface area (Å²) in [4.78, 5) is 23.8. The standard InChI is InChI=1S/C20H17ClN2O3/c21-17-7-3-4-8-18(17)26-13-20(25)23-22-19(24)12-14-9-10-15-5-1-2-6-16(15)11-14/h1-11H,12-13H2,(H,22,24)(H,23,25). The highest BCUT2D eigenvalue weighted by molar-refractivity contribution is 6.32. The van der Waals surface area contributed by atoms with Gasteiger partial charge in [-0.3, -0.25) is 20.4 Å². The molecule has 3 aromatic rings. The van der Waals surface area contributed by atoms with Crippen molar-refractivity contribution in [2.75, 3.05) is 6.61 Å². The second kappa shape index (κ2) is 8.36. The lowest BCUT2D eigenvalue weighted by Gasteiger charge is -2.10. The highest BCUT2D eigenvalue weighted by atomic mass is 35.5. The summed E-state index contributed by atoms with van der Waals surface area (Å²) in [7, 11) is 0. The van der Waals surface area contributed by atoms with E-state index in [2.05, 4.69) is 10.9 Å². The van der Waals surface area contributed by atoms with Gasteiger partial charge >= 0.3 is 0 Å². The molecule has 2 N–H and O–H groups in total. The number of hydrogen-bond acceptors (Lipinski definition) is 3. The van der Waals surface area contributed by atoms with Crippen LogP contribution >= 0.6 is 11.6 Å². The number of amides is 2. The van der Waals surface area contributed by atoms with Crippen LogP contribution in [0.4, 0.5) is 0 Å². The normalized spacial score (nSPS) is 10.3. The van der Waals surface area contributed by atoms with E-state index < -0.39 is 5.91 Å². The summed E-state index contributed by atoms with van der Waals surface area (Å²) in [5, 5.41) is 2.59. The Bertz CT molecular complexity index is 943. The minimum atomic E-state index is -0.475. The molecule has 2 amide bonds.